The minimum atomic E-state index is -2.75. The van der Waals surface area contributed by atoms with Crippen molar-refractivity contribution >= 4 is 45.6 Å². The number of nitrogens with zero attached hydrogens (tertiary/aromatic N) is 4. The second-order valence-corrected chi connectivity index (χ2v) is 20.5. The maximum absolute atomic E-state index is 17.2. The zero-order chi connectivity index (χ0) is 64.0. The highest BCUT2D eigenvalue weighted by atomic mass is 19.2. The van der Waals surface area contributed by atoms with E-state index in [9.17, 15) is 8.78 Å². The molecule has 2 atom stereocenters. The number of benzene rings is 7. The number of para-hydroxylation sites is 1. The predicted molar refractivity (Wildman–Crippen MR) is 288 cm³/mol. The van der Waals surface area contributed by atoms with E-state index < -0.39 is 218 Å². The average Bonchev–Trinajstić information content (AvgIpc) is 1.54. The maximum atomic E-state index is 17.2. The zero-order valence-corrected chi connectivity index (χ0v) is 44.5. The number of halogens is 20. The van der Waals surface area contributed by atoms with Crippen LogP contribution in [-0.4, -0.2) is 25.6 Å². The second-order valence-electron chi connectivity index (χ2n) is 20.5. The largest absolute Gasteiger partial charge is 0.354 e. The molecular formula is C64H26F20N6. The molecule has 13 rings (SSSR count). The molecule has 0 saturated heterocycles. The van der Waals surface area contributed by atoms with Gasteiger partial charge < -0.3 is 9.97 Å². The van der Waals surface area contributed by atoms with Crippen LogP contribution < -0.4 is 5.01 Å². The molecule has 0 radical (unpaired) electrons. The lowest BCUT2D eigenvalue weighted by Gasteiger charge is -2.27. The van der Waals surface area contributed by atoms with E-state index in [-0.39, 0.29) is 22.5 Å². The van der Waals surface area contributed by atoms with Crippen molar-refractivity contribution in [2.24, 2.45) is 5.10 Å². The smallest absolute Gasteiger partial charge is 0.200 e. The van der Waals surface area contributed by atoms with Crippen LogP contribution >= 0.6 is 0 Å². The highest BCUT2D eigenvalue weighted by Gasteiger charge is 2.51. The number of aromatic amines is 2. The van der Waals surface area contributed by atoms with Crippen molar-refractivity contribution in [3.63, 3.8) is 0 Å². The van der Waals surface area contributed by atoms with Gasteiger partial charge in [-0.15, -0.1) is 0 Å². The number of hydrogen-bond donors (Lipinski definition) is 2. The Hall–Kier alpha value is -10.5. The van der Waals surface area contributed by atoms with Crippen LogP contribution in [0, 0.1) is 123 Å². The van der Waals surface area contributed by atoms with Gasteiger partial charge in [0.15, 0.2) is 93.1 Å². The lowest BCUT2D eigenvalue weighted by molar-refractivity contribution is 0.381. The summed E-state index contributed by atoms with van der Waals surface area (Å²) in [5.74, 6) is -55.2. The van der Waals surface area contributed by atoms with Crippen molar-refractivity contribution in [2.45, 2.75) is 18.9 Å². The molecule has 7 aromatic carbocycles. The Morgan fingerprint density at radius 2 is 0.667 bits per heavy atom. The summed E-state index contributed by atoms with van der Waals surface area (Å²) in [4.78, 5) is 13.6. The topological polar surface area (TPSA) is 73.0 Å². The molecule has 26 heteroatoms. The molecule has 0 saturated carbocycles. The van der Waals surface area contributed by atoms with Crippen molar-refractivity contribution < 1.29 is 87.8 Å². The molecule has 452 valence electrons. The lowest BCUT2D eigenvalue weighted by atomic mass is 9.84. The van der Waals surface area contributed by atoms with Crippen LogP contribution in [0.4, 0.5) is 93.5 Å². The fraction of sp³-hybridized carbons (Fsp3) is 0.0469. The van der Waals surface area contributed by atoms with Crippen LogP contribution in [0.5, 0.6) is 0 Å². The van der Waals surface area contributed by atoms with Gasteiger partial charge in [-0.3, -0.25) is 9.99 Å². The first-order chi connectivity index (χ1) is 42.9. The second kappa shape index (κ2) is 21.4. The number of hydrazone groups is 1. The van der Waals surface area contributed by atoms with Gasteiger partial charge in [0.2, 0.25) is 23.3 Å². The Bertz CT molecular complexity index is 4940. The fourth-order valence-corrected chi connectivity index (χ4v) is 11.4. The first-order valence-corrected chi connectivity index (χ1v) is 26.1. The van der Waals surface area contributed by atoms with Crippen LogP contribution in [0.3, 0.4) is 0 Å². The van der Waals surface area contributed by atoms with E-state index in [1.54, 1.807) is 37.3 Å². The molecule has 3 aliphatic heterocycles. The number of aromatic nitrogens is 4. The van der Waals surface area contributed by atoms with E-state index in [0.29, 0.717) is 47.5 Å². The van der Waals surface area contributed by atoms with Gasteiger partial charge in [0, 0.05) is 49.9 Å². The minimum Gasteiger partial charge on any atom is -0.354 e. The van der Waals surface area contributed by atoms with Gasteiger partial charge in [0.05, 0.1) is 62.3 Å². The SMILES string of the molecule is Cc1ccc(C2=NN(c3ccccc3-c3ccccc3)[C@@H]3c4nc(c(-c5c(F)c(F)c(F)c(F)c5F)c5ccc([nH]5)c(-c5c(F)c(F)c(F)c(F)c5F)c5nc(c(-c6c(F)c(F)c(F)c(F)c6F)c6ccc([nH]6)c4-c4c(F)c(F)c(F)c(F)c4F)C=C5)[C@H]23)cc1. The Labute approximate surface area is 490 Å². The maximum Gasteiger partial charge on any atom is 0.200 e. The standard InChI is InChI=1S/C64H26F20N6/c1-21-11-13-23(14-12-21)61-40-62-34(38-45(69)53(77)59(83)54(78)46(38)70)29-19-17-27(86-29)32(36-41(65)49(73)57(81)50(74)42(36)66)25-15-16-26(85-25)33(37-43(67)51(75)58(82)52(76)44(37)68)28-18-20-30(87-28)35(39-47(71)55(79)60(84)56(80)48(39)72)63(88-62)64(40)90(89-61)31-10-6-5-9-24(31)22-7-3-2-4-8-22/h2-20,40,64,86-87H,1H3/t40-,64-/m0/s1. The summed E-state index contributed by atoms with van der Waals surface area (Å²) in [6.45, 7) is 1.63. The van der Waals surface area contributed by atoms with Gasteiger partial charge in [0.1, 0.15) is 6.04 Å². The molecule has 3 aliphatic rings. The highest BCUT2D eigenvalue weighted by Crippen LogP contribution is 2.56. The van der Waals surface area contributed by atoms with E-state index in [0.717, 1.165) is 5.01 Å². The summed E-state index contributed by atoms with van der Waals surface area (Å²) in [5, 5.41) is 6.00. The number of aryl methyl sites for hydroxylation is 1. The number of H-pyrrole nitrogens is 2. The Kier molecular flexibility index (Phi) is 13.9. The molecule has 6 nitrogen and oxygen atoms in total. The van der Waals surface area contributed by atoms with Crippen LogP contribution in [0.15, 0.2) is 108 Å². The molecule has 6 heterocycles. The summed E-state index contributed by atoms with van der Waals surface area (Å²) < 4.78 is 321. The van der Waals surface area contributed by atoms with Gasteiger partial charge in [-0.25, -0.2) is 92.8 Å². The number of fused-ring (bicyclic) bond motifs is 11. The summed E-state index contributed by atoms with van der Waals surface area (Å²) in [7, 11) is 0. The molecule has 0 amide bonds. The summed E-state index contributed by atoms with van der Waals surface area (Å²) in [6.07, 6.45) is 1.24. The molecule has 10 aromatic rings. The van der Waals surface area contributed by atoms with Crippen molar-refractivity contribution in [1.29, 1.82) is 0 Å². The highest BCUT2D eigenvalue weighted by molar-refractivity contribution is 6.11. The van der Waals surface area contributed by atoms with Crippen LogP contribution in [0.25, 0.3) is 89.9 Å². The van der Waals surface area contributed by atoms with Crippen LogP contribution in [0.1, 0.15) is 45.9 Å². The van der Waals surface area contributed by atoms with Crippen molar-refractivity contribution in [3.8, 4) is 55.6 Å². The normalized spacial score (nSPS) is 14.5. The molecule has 90 heavy (non-hydrogen) atoms. The summed E-state index contributed by atoms with van der Waals surface area (Å²) >= 11 is 0. The third-order valence-electron chi connectivity index (χ3n) is 15.4. The van der Waals surface area contributed by atoms with E-state index >= 15 is 79.0 Å². The predicted octanol–water partition coefficient (Wildman–Crippen LogP) is 18.7. The lowest BCUT2D eigenvalue weighted by Crippen LogP contribution is -2.23. The van der Waals surface area contributed by atoms with Gasteiger partial charge in [0.25, 0.3) is 0 Å². The zero-order valence-electron chi connectivity index (χ0n) is 44.5. The van der Waals surface area contributed by atoms with Crippen molar-refractivity contribution in [3.05, 3.63) is 253 Å². The van der Waals surface area contributed by atoms with Gasteiger partial charge >= 0.3 is 0 Å². The Balaban J connectivity index is 1.34. The number of nitrogens with one attached hydrogen (secondary N) is 2. The van der Waals surface area contributed by atoms with E-state index in [2.05, 4.69) is 19.9 Å². The molecule has 2 N–H and O–H groups in total. The molecule has 0 spiro atoms. The molecule has 3 aromatic heterocycles. The average molecular weight is 1260 g/mol. The van der Waals surface area contributed by atoms with Crippen LogP contribution in [0.2, 0.25) is 0 Å². The number of hydrogen-bond acceptors (Lipinski definition) is 4. The molecule has 0 fully saturated rings. The first-order valence-electron chi connectivity index (χ1n) is 26.1. The Morgan fingerprint density at radius 3 is 1.08 bits per heavy atom. The summed E-state index contributed by atoms with van der Waals surface area (Å²) in [6, 6.07) is 20.3. The number of anilines is 1. The van der Waals surface area contributed by atoms with Crippen LogP contribution in [-0.2, 0) is 0 Å². The molecule has 8 bridgehead atoms. The Morgan fingerprint density at radius 1 is 0.322 bits per heavy atom. The monoisotopic (exact) mass is 1260 g/mol. The molecule has 0 aliphatic carbocycles. The van der Waals surface area contributed by atoms with Gasteiger partial charge in [-0.05, 0) is 60.5 Å². The third kappa shape index (κ3) is 8.60. The van der Waals surface area contributed by atoms with E-state index in [1.807, 2.05) is 0 Å². The van der Waals surface area contributed by atoms with Crippen molar-refractivity contribution in [2.75, 3.05) is 5.01 Å². The fourth-order valence-electron chi connectivity index (χ4n) is 11.4. The van der Waals surface area contributed by atoms with Gasteiger partial charge in [-0.1, -0.05) is 78.4 Å². The van der Waals surface area contributed by atoms with E-state index in [4.69, 9.17) is 5.10 Å². The minimum absolute atomic E-state index is 0.0147. The van der Waals surface area contributed by atoms with Crippen molar-refractivity contribution in [1.82, 2.24) is 19.9 Å². The summed E-state index contributed by atoms with van der Waals surface area (Å²) in [5.41, 5.74) is -20.0. The molecular weight excluding hydrogens is 1230 g/mol. The first kappa shape index (κ1) is 58.5. The number of rotatable bonds is 7. The van der Waals surface area contributed by atoms with E-state index in [1.165, 1.54) is 48.5 Å². The quantitative estimate of drug-likeness (QED) is 0.0949. The third-order valence-corrected chi connectivity index (χ3v) is 15.4. The van der Waals surface area contributed by atoms with Gasteiger partial charge in [-0.2, -0.15) is 5.10 Å². The molecule has 0 unspecified atom stereocenters.